The Hall–Kier alpha value is -2.02. The molecule has 0 radical (unpaired) electrons. The van der Waals surface area contributed by atoms with Crippen molar-refractivity contribution in [3.05, 3.63) is 33.9 Å². The van der Waals surface area contributed by atoms with Crippen LogP contribution in [-0.2, 0) is 4.74 Å². The van der Waals surface area contributed by atoms with Crippen molar-refractivity contribution in [2.75, 3.05) is 13.7 Å². The lowest BCUT2D eigenvalue weighted by Gasteiger charge is -2.38. The molecule has 1 aliphatic heterocycles. The number of carbonyl (C=O) groups excluding carboxylic acids is 1. The number of nitrogens with zero attached hydrogens (tertiary/aromatic N) is 1. The third-order valence-electron chi connectivity index (χ3n) is 3.35. The molecule has 1 aromatic carbocycles. The van der Waals surface area contributed by atoms with Gasteiger partial charge in [0.25, 0.3) is 0 Å². The van der Waals surface area contributed by atoms with E-state index in [2.05, 4.69) is 5.32 Å². The Kier molecular flexibility index (Phi) is 5.01. The number of amides is 1. The number of benzene rings is 1. The van der Waals surface area contributed by atoms with E-state index in [1.807, 2.05) is 13.8 Å². The van der Waals surface area contributed by atoms with Crippen LogP contribution in [0.5, 0.6) is 5.75 Å². The Balaban J connectivity index is 0.00000220. The van der Waals surface area contributed by atoms with Gasteiger partial charge >= 0.3 is 11.8 Å². The van der Waals surface area contributed by atoms with E-state index in [0.717, 1.165) is 0 Å². The highest BCUT2D eigenvalue weighted by Gasteiger charge is 2.38. The van der Waals surface area contributed by atoms with E-state index in [0.29, 0.717) is 5.56 Å². The lowest BCUT2D eigenvalue weighted by molar-refractivity contribution is -0.385. The van der Waals surface area contributed by atoms with Gasteiger partial charge in [0.2, 0.25) is 0 Å². The largest absolute Gasteiger partial charge is 0.490 e. The number of hydrogen-bond acceptors (Lipinski definition) is 5. The molecule has 1 N–H and O–H groups in total. The molecule has 1 aromatic rings. The summed E-state index contributed by atoms with van der Waals surface area (Å²) in [6.07, 6.45) is -0.521. The van der Waals surface area contributed by atoms with Gasteiger partial charge in [-0.25, -0.2) is 4.79 Å². The van der Waals surface area contributed by atoms with Crippen molar-refractivity contribution >= 4 is 24.2 Å². The number of alkyl carbamates (subject to hydrolysis) is 1. The molecule has 1 amide bonds. The number of nitro benzene ring substituents is 1. The van der Waals surface area contributed by atoms with E-state index in [4.69, 9.17) is 9.47 Å². The van der Waals surface area contributed by atoms with Gasteiger partial charge in [0.15, 0.2) is 5.75 Å². The second-order valence-electron chi connectivity index (χ2n) is 5.33. The predicted molar refractivity (Wildman–Crippen MR) is 77.9 cm³/mol. The fourth-order valence-corrected chi connectivity index (χ4v) is 2.25. The number of nitro groups is 1. The van der Waals surface area contributed by atoms with Crippen molar-refractivity contribution in [3.63, 3.8) is 0 Å². The van der Waals surface area contributed by atoms with Crippen molar-refractivity contribution in [2.45, 2.75) is 19.9 Å². The second kappa shape index (κ2) is 6.17. The Bertz CT molecular complexity index is 561. The molecular formula is C13H17ClN2O5. The average molecular weight is 317 g/mol. The molecule has 2 rings (SSSR count). The van der Waals surface area contributed by atoms with Crippen LogP contribution in [0.15, 0.2) is 18.2 Å². The van der Waals surface area contributed by atoms with E-state index in [1.54, 1.807) is 6.07 Å². The Morgan fingerprint density at radius 2 is 2.14 bits per heavy atom. The summed E-state index contributed by atoms with van der Waals surface area (Å²) in [5.41, 5.74) is 0.164. The van der Waals surface area contributed by atoms with Gasteiger partial charge in [0.05, 0.1) is 18.1 Å². The van der Waals surface area contributed by atoms with Crippen LogP contribution in [-0.4, -0.2) is 24.7 Å². The molecule has 0 saturated carbocycles. The first-order chi connectivity index (χ1) is 9.35. The smallest absolute Gasteiger partial charge is 0.407 e. The molecule has 1 fully saturated rings. The van der Waals surface area contributed by atoms with Crippen LogP contribution in [0.1, 0.15) is 25.5 Å². The summed E-state index contributed by atoms with van der Waals surface area (Å²) in [7, 11) is 1.38. The fourth-order valence-electron chi connectivity index (χ4n) is 2.25. The number of rotatable bonds is 3. The van der Waals surface area contributed by atoms with E-state index in [-0.39, 0.29) is 41.9 Å². The summed E-state index contributed by atoms with van der Waals surface area (Å²) in [5, 5.41) is 13.8. The first-order valence-corrected chi connectivity index (χ1v) is 6.11. The number of cyclic esters (lactones) is 1. The van der Waals surface area contributed by atoms with E-state index in [9.17, 15) is 14.9 Å². The summed E-state index contributed by atoms with van der Waals surface area (Å²) in [5.74, 6) is 0.190. The molecule has 7 nitrogen and oxygen atoms in total. The second-order valence-corrected chi connectivity index (χ2v) is 5.33. The first-order valence-electron chi connectivity index (χ1n) is 6.11. The molecule has 1 aliphatic rings. The summed E-state index contributed by atoms with van der Waals surface area (Å²) < 4.78 is 9.93. The predicted octanol–water partition coefficient (Wildman–Crippen LogP) is 2.83. The van der Waals surface area contributed by atoms with Gasteiger partial charge in [0, 0.05) is 11.5 Å². The molecule has 21 heavy (non-hydrogen) atoms. The van der Waals surface area contributed by atoms with Crippen molar-refractivity contribution in [3.8, 4) is 5.75 Å². The van der Waals surface area contributed by atoms with Crippen LogP contribution < -0.4 is 10.1 Å². The van der Waals surface area contributed by atoms with Crippen LogP contribution in [0.2, 0.25) is 0 Å². The normalized spacial score (nSPS) is 19.8. The van der Waals surface area contributed by atoms with E-state index in [1.165, 1.54) is 19.2 Å². The summed E-state index contributed by atoms with van der Waals surface area (Å²) in [4.78, 5) is 21.9. The zero-order valence-corrected chi connectivity index (χ0v) is 12.7. The highest BCUT2D eigenvalue weighted by atomic mass is 35.5. The van der Waals surface area contributed by atoms with Gasteiger partial charge in [-0.2, -0.15) is 0 Å². The average Bonchev–Trinajstić information content (AvgIpc) is 2.40. The molecular weight excluding hydrogens is 300 g/mol. The zero-order chi connectivity index (χ0) is 14.9. The van der Waals surface area contributed by atoms with Crippen LogP contribution in [0.3, 0.4) is 0 Å². The Morgan fingerprint density at radius 1 is 1.48 bits per heavy atom. The van der Waals surface area contributed by atoms with Gasteiger partial charge in [0.1, 0.15) is 6.61 Å². The standard InChI is InChI=1S/C13H16N2O5.ClH/c1-13(2)7-20-12(16)14-11(13)8-4-5-10(19-3)9(6-8)15(17)18;/h4-6,11H,7H2,1-3H3,(H,14,16);1H/t11-;/m0./s1. The summed E-state index contributed by atoms with van der Waals surface area (Å²) in [6, 6.07) is 4.32. The number of nitrogens with one attached hydrogen (secondary N) is 1. The molecule has 1 heterocycles. The minimum atomic E-state index is -0.521. The number of carbonyl (C=O) groups is 1. The molecule has 0 aromatic heterocycles. The van der Waals surface area contributed by atoms with E-state index >= 15 is 0 Å². The maximum atomic E-state index is 11.4. The molecule has 1 atom stereocenters. The van der Waals surface area contributed by atoms with Crippen LogP contribution >= 0.6 is 12.4 Å². The maximum Gasteiger partial charge on any atom is 0.407 e. The van der Waals surface area contributed by atoms with Gasteiger partial charge in [-0.3, -0.25) is 10.1 Å². The number of methoxy groups -OCH3 is 1. The third kappa shape index (κ3) is 3.36. The zero-order valence-electron chi connectivity index (χ0n) is 11.9. The van der Waals surface area contributed by atoms with E-state index < -0.39 is 11.0 Å². The highest BCUT2D eigenvalue weighted by Crippen LogP contribution is 2.39. The van der Waals surface area contributed by atoms with Gasteiger partial charge in [-0.05, 0) is 11.6 Å². The van der Waals surface area contributed by atoms with Crippen molar-refractivity contribution in [1.82, 2.24) is 5.32 Å². The molecule has 1 saturated heterocycles. The topological polar surface area (TPSA) is 90.7 Å². The molecule has 8 heteroatoms. The third-order valence-corrected chi connectivity index (χ3v) is 3.35. The van der Waals surface area contributed by atoms with Crippen molar-refractivity contribution < 1.29 is 19.2 Å². The highest BCUT2D eigenvalue weighted by molar-refractivity contribution is 5.85. The van der Waals surface area contributed by atoms with Crippen LogP contribution in [0.4, 0.5) is 10.5 Å². The lowest BCUT2D eigenvalue weighted by atomic mass is 9.80. The molecule has 0 unspecified atom stereocenters. The Morgan fingerprint density at radius 3 is 2.71 bits per heavy atom. The monoisotopic (exact) mass is 316 g/mol. The maximum absolute atomic E-state index is 11.4. The number of halogens is 1. The van der Waals surface area contributed by atoms with Crippen LogP contribution in [0.25, 0.3) is 0 Å². The summed E-state index contributed by atoms with van der Waals surface area (Å²) >= 11 is 0. The minimum Gasteiger partial charge on any atom is -0.490 e. The molecule has 0 aliphatic carbocycles. The molecule has 0 spiro atoms. The van der Waals surface area contributed by atoms with Crippen LogP contribution in [0, 0.1) is 15.5 Å². The van der Waals surface area contributed by atoms with Crippen molar-refractivity contribution in [1.29, 1.82) is 0 Å². The van der Waals surface area contributed by atoms with Gasteiger partial charge in [-0.15, -0.1) is 12.4 Å². The van der Waals surface area contributed by atoms with Gasteiger partial charge < -0.3 is 14.8 Å². The van der Waals surface area contributed by atoms with Gasteiger partial charge in [-0.1, -0.05) is 19.9 Å². The lowest BCUT2D eigenvalue weighted by Crippen LogP contribution is -2.46. The summed E-state index contributed by atoms with van der Waals surface area (Å²) in [6.45, 7) is 4.10. The number of ether oxygens (including phenoxy) is 2. The molecule has 116 valence electrons. The molecule has 0 bridgehead atoms. The van der Waals surface area contributed by atoms with Crippen molar-refractivity contribution in [2.24, 2.45) is 5.41 Å². The first kappa shape index (κ1) is 17.0. The fraction of sp³-hybridized carbons (Fsp3) is 0.462. The SMILES string of the molecule is COc1ccc([C@@H]2NC(=O)OCC2(C)C)cc1[N+](=O)[O-].Cl. The number of hydrogen-bond donors (Lipinski definition) is 1. The Labute approximate surface area is 128 Å². The quantitative estimate of drug-likeness (QED) is 0.684. The minimum absolute atomic E-state index is 0.